The summed E-state index contributed by atoms with van der Waals surface area (Å²) in [6.07, 6.45) is 7.67. The molecule has 0 N–H and O–H groups in total. The van der Waals surface area contributed by atoms with E-state index in [1.54, 1.807) is 0 Å². The van der Waals surface area contributed by atoms with Crippen molar-refractivity contribution in [2.24, 2.45) is 0 Å². The fourth-order valence-corrected chi connectivity index (χ4v) is 7.48. The zero-order chi connectivity index (χ0) is 28.9. The second-order valence-corrected chi connectivity index (χ2v) is 13.4. The molecule has 5 heteroatoms. The fraction of sp³-hybridized carbons (Fsp3) is 0.500. The third-order valence-corrected chi connectivity index (χ3v) is 9.73. The first kappa shape index (κ1) is 36.1. The van der Waals surface area contributed by atoms with Crippen LogP contribution >= 0.6 is 0 Å². The molecule has 3 aromatic carbocycles. The van der Waals surface area contributed by atoms with E-state index in [-0.39, 0.29) is 18.9 Å². The molecule has 0 bridgehead atoms. The van der Waals surface area contributed by atoms with Crippen molar-refractivity contribution in [3.63, 3.8) is 0 Å². The molecule has 0 unspecified atom stereocenters. The molecule has 0 amide bonds. The van der Waals surface area contributed by atoms with Crippen LogP contribution in [0.1, 0.15) is 71.9 Å². The molecule has 0 aliphatic carbocycles. The molecular weight excluding hydrogens is 606 g/mol. The first-order valence-corrected chi connectivity index (χ1v) is 17.2. The van der Waals surface area contributed by atoms with Gasteiger partial charge in [-0.1, -0.05) is 0 Å². The molecule has 0 spiro atoms. The smallest absolute Gasteiger partial charge is 0 e. The third kappa shape index (κ3) is 11.5. The molecule has 0 aromatic heterocycles. The van der Waals surface area contributed by atoms with E-state index in [1.165, 1.54) is 97.7 Å². The standard InChI is InChI=1S/C24H25.3C4H8O.Li.Sn.2H/c1-15-10-17(3)23(18(4)11-15)21-8-7-9-22(14-21)24-19(5)12-16(2)13-20(24)6;3*1-2-4-5-3-1;;;;/h7-13H,1-6H3;3*1-4H2;;;;. The summed E-state index contributed by atoms with van der Waals surface area (Å²) in [6.45, 7) is 19.3. The summed E-state index contributed by atoms with van der Waals surface area (Å²) in [5.41, 5.74) is 13.9. The van der Waals surface area contributed by atoms with Gasteiger partial charge in [0.15, 0.2) is 0 Å². The zero-order valence-corrected chi connectivity index (χ0v) is 31.0. The minimum atomic E-state index is 0. The molecule has 3 heterocycles. The number of aryl methyl sites for hydroxylation is 6. The van der Waals surface area contributed by atoms with Crippen LogP contribution in [0.2, 0.25) is 0 Å². The topological polar surface area (TPSA) is 27.7 Å². The predicted octanol–water partition coefficient (Wildman–Crippen LogP) is 7.14. The molecule has 3 nitrogen and oxygen atoms in total. The summed E-state index contributed by atoms with van der Waals surface area (Å²) >= 11 is 0.759. The molecule has 3 fully saturated rings. The normalized spacial score (nSPS) is 15.5. The van der Waals surface area contributed by atoms with E-state index in [1.807, 2.05) is 0 Å². The first-order valence-electron chi connectivity index (χ1n) is 15.1. The van der Waals surface area contributed by atoms with Gasteiger partial charge in [-0.3, -0.25) is 0 Å². The Morgan fingerprint density at radius 1 is 0.488 bits per heavy atom. The van der Waals surface area contributed by atoms with Crippen LogP contribution in [0.25, 0.3) is 22.3 Å². The number of hydrogen-bond donors (Lipinski definition) is 0. The van der Waals surface area contributed by atoms with Gasteiger partial charge in [0, 0.05) is 58.5 Å². The van der Waals surface area contributed by atoms with Crippen LogP contribution in [0.3, 0.4) is 0 Å². The minimum Gasteiger partial charge on any atom is 0 e. The van der Waals surface area contributed by atoms with Crippen molar-refractivity contribution in [3.05, 3.63) is 75.8 Å². The average molecular weight is 657 g/mol. The Labute approximate surface area is 275 Å². The Bertz CT molecular complexity index is 1040. The van der Waals surface area contributed by atoms with Crippen molar-refractivity contribution in [2.75, 3.05) is 39.6 Å². The van der Waals surface area contributed by atoms with Crippen molar-refractivity contribution in [1.82, 2.24) is 0 Å². The Hall–Kier alpha value is -1.06. The molecular formula is C36H51LiO3Sn. The fourth-order valence-electron chi connectivity index (χ4n) is 5.80. The van der Waals surface area contributed by atoms with Gasteiger partial charge >= 0.3 is 166 Å². The third-order valence-electron chi connectivity index (χ3n) is 7.55. The molecule has 6 rings (SSSR count). The number of hydrogen-bond acceptors (Lipinski definition) is 3. The summed E-state index contributed by atoms with van der Waals surface area (Å²) in [4.78, 5) is 0. The molecule has 3 saturated heterocycles. The van der Waals surface area contributed by atoms with Crippen LogP contribution in [-0.2, 0) is 14.2 Å². The van der Waals surface area contributed by atoms with Gasteiger partial charge < -0.3 is 14.2 Å². The Morgan fingerprint density at radius 3 is 0.976 bits per heavy atom. The summed E-state index contributed by atoms with van der Waals surface area (Å²) < 4.78 is 16.4. The maximum Gasteiger partial charge on any atom is 0 e. The van der Waals surface area contributed by atoms with Crippen LogP contribution < -0.4 is 3.58 Å². The van der Waals surface area contributed by atoms with Crippen LogP contribution in [-0.4, -0.2) is 81.0 Å². The largest absolute Gasteiger partial charge is 0 e. The van der Waals surface area contributed by atoms with Crippen LogP contribution in [0.15, 0.2) is 42.5 Å². The van der Waals surface area contributed by atoms with E-state index in [4.69, 9.17) is 14.2 Å². The molecule has 3 aromatic rings. The van der Waals surface area contributed by atoms with E-state index < -0.39 is 0 Å². The quantitative estimate of drug-likeness (QED) is 0.275. The molecule has 0 atom stereocenters. The Morgan fingerprint density at radius 2 is 0.756 bits per heavy atom. The van der Waals surface area contributed by atoms with E-state index in [9.17, 15) is 0 Å². The van der Waals surface area contributed by atoms with Crippen molar-refractivity contribution in [3.8, 4) is 22.3 Å². The van der Waals surface area contributed by atoms with Crippen molar-refractivity contribution >= 4 is 45.0 Å². The van der Waals surface area contributed by atoms with E-state index in [0.717, 1.165) is 62.2 Å². The van der Waals surface area contributed by atoms with E-state index in [0.29, 0.717) is 0 Å². The van der Waals surface area contributed by atoms with Crippen molar-refractivity contribution < 1.29 is 14.2 Å². The molecule has 41 heavy (non-hydrogen) atoms. The van der Waals surface area contributed by atoms with Crippen LogP contribution in [0, 0.1) is 41.5 Å². The minimum absolute atomic E-state index is 0. The van der Waals surface area contributed by atoms with Crippen molar-refractivity contribution in [1.29, 1.82) is 0 Å². The predicted molar refractivity (Wildman–Crippen MR) is 180 cm³/mol. The molecule has 2 radical (unpaired) electrons. The molecule has 3 aliphatic heterocycles. The molecule has 0 saturated carbocycles. The number of benzene rings is 3. The maximum absolute atomic E-state index is 4.94. The monoisotopic (exact) mass is 658 g/mol. The second-order valence-electron chi connectivity index (χ2n) is 11.3. The van der Waals surface area contributed by atoms with Crippen molar-refractivity contribution in [2.45, 2.75) is 80.1 Å². The number of rotatable bonds is 2. The summed E-state index contributed by atoms with van der Waals surface area (Å²) in [7, 11) is 0. The van der Waals surface area contributed by atoms with Gasteiger partial charge in [0.2, 0.25) is 0 Å². The molecule has 3 aliphatic rings. The van der Waals surface area contributed by atoms with Gasteiger partial charge in [-0.2, -0.15) is 0 Å². The zero-order valence-electron chi connectivity index (χ0n) is 27.0. The van der Waals surface area contributed by atoms with Gasteiger partial charge in [-0.15, -0.1) is 0 Å². The van der Waals surface area contributed by atoms with Gasteiger partial charge in [-0.05, 0) is 38.5 Å². The maximum atomic E-state index is 4.94. The Kier molecular flexibility index (Phi) is 17.0. The first-order chi connectivity index (χ1) is 19.3. The Balaban J connectivity index is 0.000000295. The number of ether oxygens (including phenoxy) is 3. The van der Waals surface area contributed by atoms with Gasteiger partial charge in [0.25, 0.3) is 0 Å². The van der Waals surface area contributed by atoms with Gasteiger partial charge in [-0.25, -0.2) is 0 Å². The van der Waals surface area contributed by atoms with Crippen LogP contribution in [0.4, 0.5) is 0 Å². The molecule has 218 valence electrons. The summed E-state index contributed by atoms with van der Waals surface area (Å²) in [5, 5.41) is 0. The van der Waals surface area contributed by atoms with Crippen LogP contribution in [0.5, 0.6) is 0 Å². The summed E-state index contributed by atoms with van der Waals surface area (Å²) in [6, 6.07) is 16.1. The average Bonchev–Trinajstić information content (AvgIpc) is 3.73. The SMILES string of the molecule is C1CCOC1.C1CCOC1.C1CCOC1.Cc1cc(C)c(-c2cccc(-c3c(C)cc(C)cc3C)[c]2[SnH2])c(C)c1.[Li]. The van der Waals surface area contributed by atoms with E-state index in [2.05, 4.69) is 84.0 Å². The van der Waals surface area contributed by atoms with E-state index >= 15 is 0 Å². The van der Waals surface area contributed by atoms with Gasteiger partial charge in [0.05, 0.1) is 0 Å². The van der Waals surface area contributed by atoms with Gasteiger partial charge in [0.1, 0.15) is 0 Å². The second kappa shape index (κ2) is 19.3. The summed E-state index contributed by atoms with van der Waals surface area (Å²) in [5.74, 6) is 0.